The minimum Gasteiger partial charge on any atom is -0.324 e. The lowest BCUT2D eigenvalue weighted by Crippen LogP contribution is -2.13. The standard InChI is InChI=1S/C28H38OS/c1-4-6-18-28(26-16-12-9-13-17-26)29-30(3,23-5-2)27-21-19-25(20-22-27)24-14-10-7-8-11-15-24/h4-5,9,12-13,16-17,19-22,24,28H,1-2,6-8,10-11,14-15,18,23H2,3H3. The van der Waals surface area contributed by atoms with Crippen LogP contribution in [0.15, 0.2) is 84.8 Å². The van der Waals surface area contributed by atoms with Crippen molar-refractivity contribution in [2.45, 2.75) is 68.3 Å². The summed E-state index contributed by atoms with van der Waals surface area (Å²) in [6, 6.07) is 20.0. The first-order chi connectivity index (χ1) is 14.7. The van der Waals surface area contributed by atoms with Crippen LogP contribution in [0, 0.1) is 0 Å². The maximum atomic E-state index is 6.92. The number of allylic oxidation sites excluding steroid dienone is 1. The third kappa shape index (κ3) is 6.12. The van der Waals surface area contributed by atoms with Gasteiger partial charge in [0.25, 0.3) is 0 Å². The van der Waals surface area contributed by atoms with Crippen LogP contribution in [0.5, 0.6) is 0 Å². The minimum atomic E-state index is -1.45. The average Bonchev–Trinajstić information content (AvgIpc) is 3.07. The minimum absolute atomic E-state index is 0.0747. The number of benzene rings is 2. The Labute approximate surface area is 185 Å². The van der Waals surface area contributed by atoms with E-state index in [0.29, 0.717) is 0 Å². The van der Waals surface area contributed by atoms with Crippen LogP contribution in [0.2, 0.25) is 0 Å². The van der Waals surface area contributed by atoms with Crippen molar-refractivity contribution in [2.24, 2.45) is 0 Å². The van der Waals surface area contributed by atoms with Crippen LogP contribution in [0.1, 0.15) is 74.5 Å². The maximum Gasteiger partial charge on any atom is 0.0957 e. The first-order valence-corrected chi connectivity index (χ1v) is 13.6. The summed E-state index contributed by atoms with van der Waals surface area (Å²) in [4.78, 5) is 1.32. The van der Waals surface area contributed by atoms with Gasteiger partial charge < -0.3 is 4.18 Å². The maximum absolute atomic E-state index is 6.92. The van der Waals surface area contributed by atoms with E-state index in [2.05, 4.69) is 74.0 Å². The highest BCUT2D eigenvalue weighted by Gasteiger charge is 2.26. The van der Waals surface area contributed by atoms with Crippen molar-refractivity contribution in [3.63, 3.8) is 0 Å². The van der Waals surface area contributed by atoms with Crippen LogP contribution in [0.25, 0.3) is 0 Å². The van der Waals surface area contributed by atoms with E-state index >= 15 is 0 Å². The van der Waals surface area contributed by atoms with Crippen molar-refractivity contribution < 1.29 is 4.18 Å². The zero-order valence-electron chi connectivity index (χ0n) is 18.6. The van der Waals surface area contributed by atoms with E-state index in [4.69, 9.17) is 4.18 Å². The van der Waals surface area contributed by atoms with Crippen molar-refractivity contribution >= 4 is 10.3 Å². The third-order valence-corrected chi connectivity index (χ3v) is 9.07. The molecule has 2 unspecified atom stereocenters. The molecule has 2 atom stereocenters. The van der Waals surface area contributed by atoms with Crippen LogP contribution < -0.4 is 0 Å². The second kappa shape index (κ2) is 11.6. The summed E-state index contributed by atoms with van der Waals surface area (Å²) in [6.07, 6.45) is 16.5. The molecular weight excluding hydrogens is 384 g/mol. The number of hydrogen-bond acceptors (Lipinski definition) is 1. The van der Waals surface area contributed by atoms with Crippen LogP contribution in [-0.2, 0) is 4.18 Å². The van der Waals surface area contributed by atoms with E-state index in [-0.39, 0.29) is 6.10 Å². The molecule has 0 bridgehead atoms. The van der Waals surface area contributed by atoms with E-state index in [0.717, 1.165) is 24.5 Å². The Morgan fingerprint density at radius 3 is 2.20 bits per heavy atom. The molecule has 0 heterocycles. The second-order valence-electron chi connectivity index (χ2n) is 8.58. The molecule has 2 aromatic carbocycles. The predicted octanol–water partition coefficient (Wildman–Crippen LogP) is 8.74. The molecule has 1 aliphatic rings. The lowest BCUT2D eigenvalue weighted by Gasteiger charge is -2.39. The Hall–Kier alpha value is -1.77. The Morgan fingerprint density at radius 2 is 1.60 bits per heavy atom. The molecule has 30 heavy (non-hydrogen) atoms. The first kappa shape index (κ1) is 22.9. The van der Waals surface area contributed by atoms with Gasteiger partial charge in [-0.15, -0.1) is 23.5 Å². The van der Waals surface area contributed by atoms with Gasteiger partial charge in [0.15, 0.2) is 0 Å². The summed E-state index contributed by atoms with van der Waals surface area (Å²) in [5.74, 6) is 1.60. The molecule has 1 nitrogen and oxygen atoms in total. The van der Waals surface area contributed by atoms with E-state index in [9.17, 15) is 0 Å². The van der Waals surface area contributed by atoms with Crippen LogP contribution in [0.3, 0.4) is 0 Å². The van der Waals surface area contributed by atoms with Gasteiger partial charge in [0.2, 0.25) is 0 Å². The summed E-state index contributed by atoms with van der Waals surface area (Å²) in [6.45, 7) is 7.95. The van der Waals surface area contributed by atoms with Crippen molar-refractivity contribution in [1.29, 1.82) is 0 Å². The van der Waals surface area contributed by atoms with Crippen molar-refractivity contribution in [3.8, 4) is 0 Å². The second-order valence-corrected chi connectivity index (χ2v) is 11.6. The van der Waals surface area contributed by atoms with Gasteiger partial charge in [0.1, 0.15) is 0 Å². The zero-order chi connectivity index (χ0) is 21.2. The molecule has 1 aliphatic carbocycles. The summed E-state index contributed by atoms with van der Waals surface area (Å²) in [5, 5.41) is 0. The Morgan fingerprint density at radius 1 is 0.933 bits per heavy atom. The summed E-state index contributed by atoms with van der Waals surface area (Å²) < 4.78 is 6.92. The highest BCUT2D eigenvalue weighted by molar-refractivity contribution is 8.29. The fraction of sp³-hybridized carbons (Fsp3) is 0.429. The summed E-state index contributed by atoms with van der Waals surface area (Å²) in [5.41, 5.74) is 2.75. The summed E-state index contributed by atoms with van der Waals surface area (Å²) in [7, 11) is -1.45. The molecule has 0 radical (unpaired) electrons. The van der Waals surface area contributed by atoms with E-state index in [1.807, 2.05) is 12.2 Å². The Balaban J connectivity index is 1.82. The van der Waals surface area contributed by atoms with Gasteiger partial charge >= 0.3 is 0 Å². The van der Waals surface area contributed by atoms with E-state index in [1.54, 1.807) is 0 Å². The highest BCUT2D eigenvalue weighted by Crippen LogP contribution is 2.57. The van der Waals surface area contributed by atoms with Crippen molar-refractivity contribution in [3.05, 3.63) is 91.0 Å². The Bertz CT molecular complexity index is 774. The monoisotopic (exact) mass is 422 g/mol. The molecule has 0 aromatic heterocycles. The van der Waals surface area contributed by atoms with Gasteiger partial charge in [-0.25, -0.2) is 0 Å². The lowest BCUT2D eigenvalue weighted by molar-refractivity contribution is 0.225. The van der Waals surface area contributed by atoms with E-state index in [1.165, 1.54) is 54.5 Å². The van der Waals surface area contributed by atoms with Crippen molar-refractivity contribution in [2.75, 3.05) is 12.0 Å². The van der Waals surface area contributed by atoms with Gasteiger partial charge in [-0.3, -0.25) is 0 Å². The van der Waals surface area contributed by atoms with Gasteiger partial charge in [-0.05, 0) is 61.1 Å². The van der Waals surface area contributed by atoms with Gasteiger partial charge in [-0.2, -0.15) is 0 Å². The molecule has 3 rings (SSSR count). The zero-order valence-corrected chi connectivity index (χ0v) is 19.4. The van der Waals surface area contributed by atoms with Crippen LogP contribution >= 0.6 is 10.3 Å². The number of rotatable bonds is 10. The molecule has 0 spiro atoms. The largest absolute Gasteiger partial charge is 0.324 e. The van der Waals surface area contributed by atoms with Crippen molar-refractivity contribution in [1.82, 2.24) is 0 Å². The predicted molar refractivity (Wildman–Crippen MR) is 133 cm³/mol. The molecule has 0 amide bonds. The highest BCUT2D eigenvalue weighted by atomic mass is 32.3. The molecule has 1 fully saturated rings. The third-order valence-electron chi connectivity index (χ3n) is 6.27. The molecule has 2 aromatic rings. The molecule has 0 N–H and O–H groups in total. The smallest absolute Gasteiger partial charge is 0.0957 e. The molecule has 2 heteroatoms. The fourth-order valence-corrected chi connectivity index (χ4v) is 6.78. The quantitative estimate of drug-likeness (QED) is 0.275. The lowest BCUT2D eigenvalue weighted by atomic mass is 9.92. The van der Waals surface area contributed by atoms with Gasteiger partial charge in [-0.1, -0.05) is 80.3 Å². The van der Waals surface area contributed by atoms with Gasteiger partial charge in [0, 0.05) is 10.6 Å². The van der Waals surface area contributed by atoms with E-state index < -0.39 is 10.3 Å². The number of hydrogen-bond donors (Lipinski definition) is 0. The Kier molecular flexibility index (Phi) is 8.84. The fourth-order valence-electron chi connectivity index (χ4n) is 4.52. The van der Waals surface area contributed by atoms with Crippen LogP contribution in [-0.4, -0.2) is 12.0 Å². The van der Waals surface area contributed by atoms with Gasteiger partial charge in [0.05, 0.1) is 6.10 Å². The summed E-state index contributed by atoms with van der Waals surface area (Å²) >= 11 is 0. The molecular formula is C28H38OS. The SMILES string of the molecule is C=CCCC(OS(C)(CC=C)c1ccc(C2CCCCCC2)cc1)c1ccccc1. The molecule has 1 saturated carbocycles. The molecule has 162 valence electrons. The van der Waals surface area contributed by atoms with Crippen LogP contribution in [0.4, 0.5) is 0 Å². The molecule has 0 saturated heterocycles. The topological polar surface area (TPSA) is 9.23 Å². The molecule has 0 aliphatic heterocycles. The normalized spacial score (nSPS) is 19.2. The average molecular weight is 423 g/mol. The first-order valence-electron chi connectivity index (χ1n) is 11.5.